The van der Waals surface area contributed by atoms with Gasteiger partial charge in [0.05, 0.1) is 0 Å². The van der Waals surface area contributed by atoms with Crippen molar-refractivity contribution in [1.82, 2.24) is 5.32 Å². The van der Waals surface area contributed by atoms with Crippen LogP contribution >= 0.6 is 11.8 Å². The highest BCUT2D eigenvalue weighted by Gasteiger charge is 2.34. The lowest BCUT2D eigenvalue weighted by molar-refractivity contribution is -0.151. The molecule has 1 amide bonds. The van der Waals surface area contributed by atoms with E-state index in [0.717, 1.165) is 12.8 Å². The molecule has 0 saturated carbocycles. The van der Waals surface area contributed by atoms with Crippen LogP contribution in [-0.2, 0) is 14.3 Å². The Morgan fingerprint density at radius 3 is 2.44 bits per heavy atom. The fraction of sp³-hybridized carbons (Fsp3) is 0.833. The maximum absolute atomic E-state index is 11.8. The zero-order valence-electron chi connectivity index (χ0n) is 10.3. The van der Waals surface area contributed by atoms with Crippen LogP contribution in [0.1, 0.15) is 25.7 Å². The third kappa shape index (κ3) is 3.62. The van der Waals surface area contributed by atoms with Crippen molar-refractivity contribution in [3.8, 4) is 0 Å². The van der Waals surface area contributed by atoms with Crippen LogP contribution in [0.2, 0.25) is 0 Å². The molecule has 2 atom stereocenters. The zero-order chi connectivity index (χ0) is 13.0. The van der Waals surface area contributed by atoms with Crippen molar-refractivity contribution in [3.63, 3.8) is 0 Å². The maximum atomic E-state index is 11.8. The summed E-state index contributed by atoms with van der Waals surface area (Å²) >= 11 is 1.96. The smallest absolute Gasteiger partial charge is 0.332 e. The number of ether oxygens (including phenoxy) is 1. The summed E-state index contributed by atoms with van der Waals surface area (Å²) in [6.45, 7) is 0.691. The van der Waals surface area contributed by atoms with Crippen molar-refractivity contribution in [2.45, 2.75) is 37.9 Å². The van der Waals surface area contributed by atoms with E-state index in [4.69, 9.17) is 9.84 Å². The molecule has 102 valence electrons. The molecule has 2 aliphatic heterocycles. The van der Waals surface area contributed by atoms with Gasteiger partial charge in [0, 0.05) is 6.54 Å². The monoisotopic (exact) mass is 273 g/mol. The summed E-state index contributed by atoms with van der Waals surface area (Å²) in [7, 11) is 0. The molecule has 2 rings (SSSR count). The Balaban J connectivity index is 1.70. The summed E-state index contributed by atoms with van der Waals surface area (Å²) in [5.74, 6) is 1.77. The number of nitrogens with one attached hydrogen (secondary N) is 1. The fourth-order valence-corrected chi connectivity index (χ4v) is 3.53. The molecule has 0 aromatic rings. The number of hydrogen-bond donors (Lipinski definition) is 2. The van der Waals surface area contributed by atoms with Crippen molar-refractivity contribution >= 4 is 23.6 Å². The molecule has 0 aromatic carbocycles. The molecule has 0 aliphatic carbocycles. The van der Waals surface area contributed by atoms with Gasteiger partial charge in [-0.15, -0.1) is 0 Å². The Bertz CT molecular complexity index is 317. The van der Waals surface area contributed by atoms with Crippen LogP contribution < -0.4 is 5.32 Å². The van der Waals surface area contributed by atoms with E-state index in [1.807, 2.05) is 11.8 Å². The fourth-order valence-electron chi connectivity index (χ4n) is 2.32. The highest BCUT2D eigenvalue weighted by molar-refractivity contribution is 7.99. The Morgan fingerprint density at radius 1 is 1.17 bits per heavy atom. The first-order valence-corrected chi connectivity index (χ1v) is 7.56. The van der Waals surface area contributed by atoms with E-state index in [0.29, 0.717) is 25.3 Å². The molecular formula is C12H19NO4S. The van der Waals surface area contributed by atoms with Gasteiger partial charge in [0.1, 0.15) is 6.10 Å². The van der Waals surface area contributed by atoms with Gasteiger partial charge in [-0.3, -0.25) is 4.79 Å². The Hall–Kier alpha value is -0.750. The Labute approximate surface area is 111 Å². The van der Waals surface area contributed by atoms with Gasteiger partial charge in [0.15, 0.2) is 6.10 Å². The topological polar surface area (TPSA) is 75.6 Å². The second kappa shape index (κ2) is 6.43. The maximum Gasteiger partial charge on any atom is 0.332 e. The van der Waals surface area contributed by atoms with Crippen molar-refractivity contribution in [2.75, 3.05) is 18.1 Å². The van der Waals surface area contributed by atoms with E-state index in [1.54, 1.807) is 0 Å². The van der Waals surface area contributed by atoms with E-state index in [2.05, 4.69) is 5.32 Å². The molecule has 18 heavy (non-hydrogen) atoms. The average molecular weight is 273 g/mol. The van der Waals surface area contributed by atoms with E-state index in [1.165, 1.54) is 11.5 Å². The zero-order valence-corrected chi connectivity index (χ0v) is 11.1. The number of carbonyl (C=O) groups is 2. The van der Waals surface area contributed by atoms with Crippen molar-refractivity contribution in [1.29, 1.82) is 0 Å². The predicted molar refractivity (Wildman–Crippen MR) is 68.6 cm³/mol. The SMILES string of the molecule is O=C(NCC1CCSCC1)[C@@H]1CC[C@H](C(=O)O)O1. The first-order chi connectivity index (χ1) is 8.66. The summed E-state index contributed by atoms with van der Waals surface area (Å²) in [6.07, 6.45) is 1.83. The van der Waals surface area contributed by atoms with E-state index in [-0.39, 0.29) is 5.91 Å². The van der Waals surface area contributed by atoms with Gasteiger partial charge < -0.3 is 15.2 Å². The molecule has 5 nitrogen and oxygen atoms in total. The quantitative estimate of drug-likeness (QED) is 0.795. The van der Waals surface area contributed by atoms with Crippen LogP contribution in [0.15, 0.2) is 0 Å². The molecule has 0 bridgehead atoms. The number of carboxylic acid groups (broad SMARTS) is 1. The summed E-state index contributed by atoms with van der Waals surface area (Å²) in [4.78, 5) is 22.5. The van der Waals surface area contributed by atoms with Crippen molar-refractivity contribution in [3.05, 3.63) is 0 Å². The van der Waals surface area contributed by atoms with Gasteiger partial charge in [-0.25, -0.2) is 4.79 Å². The molecule has 2 saturated heterocycles. The van der Waals surface area contributed by atoms with E-state index in [9.17, 15) is 9.59 Å². The second-order valence-electron chi connectivity index (χ2n) is 4.83. The van der Waals surface area contributed by atoms with Crippen LogP contribution in [0, 0.1) is 5.92 Å². The summed E-state index contributed by atoms with van der Waals surface area (Å²) in [5.41, 5.74) is 0. The van der Waals surface area contributed by atoms with E-state index < -0.39 is 18.2 Å². The number of thioether (sulfide) groups is 1. The molecule has 2 heterocycles. The van der Waals surface area contributed by atoms with Crippen LogP contribution in [0.25, 0.3) is 0 Å². The number of amides is 1. The lowest BCUT2D eigenvalue weighted by atomic mass is 10.0. The highest BCUT2D eigenvalue weighted by atomic mass is 32.2. The minimum absolute atomic E-state index is 0.156. The summed E-state index contributed by atoms with van der Waals surface area (Å²) in [6, 6.07) is 0. The molecule has 0 unspecified atom stereocenters. The van der Waals surface area contributed by atoms with Gasteiger partial charge in [-0.2, -0.15) is 11.8 Å². The summed E-state index contributed by atoms with van der Waals surface area (Å²) < 4.78 is 5.21. The molecule has 2 N–H and O–H groups in total. The van der Waals surface area contributed by atoms with Crippen LogP contribution in [-0.4, -0.2) is 47.2 Å². The van der Waals surface area contributed by atoms with Crippen LogP contribution in [0.5, 0.6) is 0 Å². The first kappa shape index (κ1) is 13.7. The van der Waals surface area contributed by atoms with Gasteiger partial charge in [-0.1, -0.05) is 0 Å². The Kier molecular flexibility index (Phi) is 4.88. The van der Waals surface area contributed by atoms with Crippen molar-refractivity contribution in [2.24, 2.45) is 5.92 Å². The normalized spacial score (nSPS) is 29.1. The van der Waals surface area contributed by atoms with Gasteiger partial charge >= 0.3 is 5.97 Å². The molecule has 6 heteroatoms. The number of aliphatic carboxylic acids is 1. The lowest BCUT2D eigenvalue weighted by Gasteiger charge is -2.22. The first-order valence-electron chi connectivity index (χ1n) is 6.40. The van der Waals surface area contributed by atoms with Crippen molar-refractivity contribution < 1.29 is 19.4 Å². The van der Waals surface area contributed by atoms with Gasteiger partial charge in [-0.05, 0) is 43.1 Å². The summed E-state index contributed by atoms with van der Waals surface area (Å²) in [5, 5.41) is 11.7. The third-order valence-electron chi connectivity index (χ3n) is 3.49. The predicted octanol–water partition coefficient (Wildman–Crippen LogP) is 0.878. The molecular weight excluding hydrogens is 254 g/mol. The second-order valence-corrected chi connectivity index (χ2v) is 6.05. The number of rotatable bonds is 4. The molecule has 0 aromatic heterocycles. The average Bonchev–Trinajstić information content (AvgIpc) is 2.87. The highest BCUT2D eigenvalue weighted by Crippen LogP contribution is 2.23. The van der Waals surface area contributed by atoms with Crippen LogP contribution in [0.4, 0.5) is 0 Å². The molecule has 2 fully saturated rings. The standard InChI is InChI=1S/C12H19NO4S/c14-11(9-1-2-10(17-9)12(15)16)13-7-8-3-5-18-6-4-8/h8-10H,1-7H2,(H,13,14)(H,15,16)/t9-,10+/m0/s1. The lowest BCUT2D eigenvalue weighted by Crippen LogP contribution is -2.38. The Morgan fingerprint density at radius 2 is 1.83 bits per heavy atom. The van der Waals surface area contributed by atoms with Crippen LogP contribution in [0.3, 0.4) is 0 Å². The van der Waals surface area contributed by atoms with Gasteiger partial charge in [0.2, 0.25) is 5.91 Å². The minimum Gasteiger partial charge on any atom is -0.479 e. The number of carbonyl (C=O) groups excluding carboxylic acids is 1. The molecule has 0 radical (unpaired) electrons. The largest absolute Gasteiger partial charge is 0.479 e. The molecule has 0 spiro atoms. The van der Waals surface area contributed by atoms with Gasteiger partial charge in [0.25, 0.3) is 0 Å². The third-order valence-corrected chi connectivity index (χ3v) is 4.54. The number of carboxylic acids is 1. The number of hydrogen-bond acceptors (Lipinski definition) is 4. The van der Waals surface area contributed by atoms with E-state index >= 15 is 0 Å². The minimum atomic E-state index is -0.977. The molecule has 2 aliphatic rings.